The van der Waals surface area contributed by atoms with E-state index in [1.54, 1.807) is 13.2 Å². The van der Waals surface area contributed by atoms with Crippen LogP contribution in [0.1, 0.15) is 18.2 Å². The van der Waals surface area contributed by atoms with Gasteiger partial charge in [-0.05, 0) is 31.5 Å². The lowest BCUT2D eigenvalue weighted by atomic mass is 10.2. The molecule has 2 rings (SSSR count). The molecule has 5 heteroatoms. The molecule has 2 aromatic rings. The maximum Gasteiger partial charge on any atom is 0.160 e. The van der Waals surface area contributed by atoms with E-state index < -0.39 is 0 Å². The molecule has 0 amide bonds. The number of aryl methyl sites for hydroxylation is 2. The molecule has 0 saturated heterocycles. The van der Waals surface area contributed by atoms with E-state index in [0.29, 0.717) is 12.3 Å². The first-order chi connectivity index (χ1) is 9.13. The summed E-state index contributed by atoms with van der Waals surface area (Å²) in [5, 5.41) is 17.2. The molecule has 0 aliphatic rings. The van der Waals surface area contributed by atoms with Gasteiger partial charge in [0, 0.05) is 24.8 Å². The lowest BCUT2D eigenvalue weighted by molar-refractivity contribution is 0.373. The zero-order valence-corrected chi connectivity index (χ0v) is 11.5. The number of nitrogens with zero attached hydrogens (tertiary/aromatic N) is 2. The second-order valence-corrected chi connectivity index (χ2v) is 4.35. The predicted molar refractivity (Wildman–Crippen MR) is 74.6 cm³/mol. The zero-order valence-electron chi connectivity index (χ0n) is 11.5. The van der Waals surface area contributed by atoms with Crippen LogP contribution in [0.2, 0.25) is 0 Å². The van der Waals surface area contributed by atoms with Crippen molar-refractivity contribution in [2.75, 3.05) is 12.4 Å². The Morgan fingerprint density at radius 2 is 2.16 bits per heavy atom. The lowest BCUT2D eigenvalue weighted by Crippen LogP contribution is -2.02. The zero-order chi connectivity index (χ0) is 13.8. The van der Waals surface area contributed by atoms with Gasteiger partial charge in [0.05, 0.1) is 7.11 Å². The van der Waals surface area contributed by atoms with Gasteiger partial charge in [0.25, 0.3) is 0 Å². The fourth-order valence-corrected chi connectivity index (χ4v) is 1.94. The molecule has 0 atom stereocenters. The second-order valence-electron chi connectivity index (χ2n) is 4.35. The third kappa shape index (κ3) is 2.99. The molecule has 0 aliphatic heterocycles. The molecule has 2 N–H and O–H groups in total. The van der Waals surface area contributed by atoms with Crippen LogP contribution in [0, 0.1) is 6.92 Å². The minimum absolute atomic E-state index is 0.150. The fourth-order valence-electron chi connectivity index (χ4n) is 1.94. The molecule has 0 spiro atoms. The molecule has 1 aromatic carbocycles. The molecule has 0 saturated carbocycles. The summed E-state index contributed by atoms with van der Waals surface area (Å²) in [6.07, 6.45) is 0. The van der Waals surface area contributed by atoms with Crippen LogP contribution in [-0.4, -0.2) is 22.0 Å². The van der Waals surface area contributed by atoms with Crippen molar-refractivity contribution < 1.29 is 9.84 Å². The first kappa shape index (κ1) is 13.3. The number of rotatable bonds is 5. The van der Waals surface area contributed by atoms with Crippen LogP contribution in [0.3, 0.4) is 0 Å². The van der Waals surface area contributed by atoms with Crippen molar-refractivity contribution in [1.82, 2.24) is 9.78 Å². The lowest BCUT2D eigenvalue weighted by Gasteiger charge is -2.07. The van der Waals surface area contributed by atoms with E-state index >= 15 is 0 Å². The number of ether oxygens (including phenoxy) is 1. The summed E-state index contributed by atoms with van der Waals surface area (Å²) < 4.78 is 7.02. The highest BCUT2D eigenvalue weighted by molar-refractivity contribution is 5.43. The summed E-state index contributed by atoms with van der Waals surface area (Å²) in [7, 11) is 1.54. The van der Waals surface area contributed by atoms with E-state index in [1.165, 1.54) is 0 Å². The number of phenolic OH excluding ortho intramolecular Hbond substituents is 1. The normalized spacial score (nSPS) is 10.5. The average molecular weight is 261 g/mol. The Labute approximate surface area is 112 Å². The van der Waals surface area contributed by atoms with Crippen molar-refractivity contribution in [2.45, 2.75) is 26.9 Å². The van der Waals surface area contributed by atoms with Crippen LogP contribution < -0.4 is 10.1 Å². The van der Waals surface area contributed by atoms with Gasteiger partial charge in [0.15, 0.2) is 11.5 Å². The minimum Gasteiger partial charge on any atom is -0.504 e. The minimum atomic E-state index is 0.150. The third-order valence-electron chi connectivity index (χ3n) is 3.00. The van der Waals surface area contributed by atoms with Crippen molar-refractivity contribution in [3.05, 3.63) is 35.5 Å². The molecule has 1 aromatic heterocycles. The largest absolute Gasteiger partial charge is 0.504 e. The SMILES string of the molecule is CCn1nc(NCc2ccc(O)c(OC)c2)cc1C. The van der Waals surface area contributed by atoms with E-state index in [4.69, 9.17) is 4.74 Å². The standard InChI is InChI=1S/C14H19N3O2/c1-4-17-10(2)7-14(16-17)15-9-11-5-6-12(18)13(8-11)19-3/h5-8,18H,4,9H2,1-3H3,(H,15,16). The molecule has 1 heterocycles. The number of hydrogen-bond acceptors (Lipinski definition) is 4. The van der Waals surface area contributed by atoms with Crippen molar-refractivity contribution in [3.63, 3.8) is 0 Å². The van der Waals surface area contributed by atoms with Gasteiger partial charge in [-0.1, -0.05) is 6.07 Å². The average Bonchev–Trinajstić information content (AvgIpc) is 2.78. The highest BCUT2D eigenvalue weighted by Crippen LogP contribution is 2.26. The van der Waals surface area contributed by atoms with Crippen LogP contribution in [0.15, 0.2) is 24.3 Å². The molecule has 0 bridgehead atoms. The highest BCUT2D eigenvalue weighted by atomic mass is 16.5. The van der Waals surface area contributed by atoms with Gasteiger partial charge in [-0.25, -0.2) is 0 Å². The van der Waals surface area contributed by atoms with Crippen LogP contribution >= 0.6 is 0 Å². The van der Waals surface area contributed by atoms with Gasteiger partial charge in [-0.3, -0.25) is 4.68 Å². The Morgan fingerprint density at radius 3 is 2.79 bits per heavy atom. The summed E-state index contributed by atoms with van der Waals surface area (Å²) in [5.41, 5.74) is 2.16. The van der Waals surface area contributed by atoms with Gasteiger partial charge in [-0.2, -0.15) is 5.10 Å². The first-order valence-electron chi connectivity index (χ1n) is 6.28. The summed E-state index contributed by atoms with van der Waals surface area (Å²) in [4.78, 5) is 0. The van der Waals surface area contributed by atoms with Gasteiger partial charge >= 0.3 is 0 Å². The molecule has 0 radical (unpaired) electrons. The number of aromatic hydroxyl groups is 1. The summed E-state index contributed by atoms with van der Waals surface area (Å²) >= 11 is 0. The molecular formula is C14H19N3O2. The van der Waals surface area contributed by atoms with E-state index in [2.05, 4.69) is 17.3 Å². The van der Waals surface area contributed by atoms with E-state index in [9.17, 15) is 5.11 Å². The van der Waals surface area contributed by atoms with Crippen LogP contribution in [0.4, 0.5) is 5.82 Å². The molecule has 0 unspecified atom stereocenters. The van der Waals surface area contributed by atoms with E-state index in [-0.39, 0.29) is 5.75 Å². The fraction of sp³-hybridized carbons (Fsp3) is 0.357. The molecule has 0 aliphatic carbocycles. The van der Waals surface area contributed by atoms with Gasteiger partial charge in [0.2, 0.25) is 0 Å². The number of nitrogens with one attached hydrogen (secondary N) is 1. The number of benzene rings is 1. The summed E-state index contributed by atoms with van der Waals surface area (Å²) in [6, 6.07) is 7.31. The quantitative estimate of drug-likeness (QED) is 0.868. The van der Waals surface area contributed by atoms with Gasteiger partial charge < -0.3 is 15.2 Å². The molecular weight excluding hydrogens is 242 g/mol. The first-order valence-corrected chi connectivity index (χ1v) is 6.28. The van der Waals surface area contributed by atoms with Crippen molar-refractivity contribution in [3.8, 4) is 11.5 Å². The highest BCUT2D eigenvalue weighted by Gasteiger charge is 2.05. The van der Waals surface area contributed by atoms with Crippen molar-refractivity contribution in [1.29, 1.82) is 0 Å². The Bertz CT molecular complexity index is 564. The molecule has 0 fully saturated rings. The smallest absolute Gasteiger partial charge is 0.160 e. The predicted octanol–water partition coefficient (Wildman–Crippen LogP) is 2.54. The number of methoxy groups -OCH3 is 1. The van der Waals surface area contributed by atoms with Gasteiger partial charge in [-0.15, -0.1) is 0 Å². The maximum absolute atomic E-state index is 9.53. The van der Waals surface area contributed by atoms with Crippen molar-refractivity contribution in [2.24, 2.45) is 0 Å². The Hall–Kier alpha value is -2.17. The molecule has 102 valence electrons. The third-order valence-corrected chi connectivity index (χ3v) is 3.00. The molecule has 5 nitrogen and oxygen atoms in total. The number of phenols is 1. The van der Waals surface area contributed by atoms with Crippen LogP contribution in [-0.2, 0) is 13.1 Å². The Kier molecular flexibility index (Phi) is 3.94. The monoisotopic (exact) mass is 261 g/mol. The van der Waals surface area contributed by atoms with Gasteiger partial charge in [0.1, 0.15) is 5.82 Å². The second kappa shape index (κ2) is 5.65. The number of aromatic nitrogens is 2. The summed E-state index contributed by atoms with van der Waals surface area (Å²) in [6.45, 7) is 5.59. The van der Waals surface area contributed by atoms with Crippen molar-refractivity contribution >= 4 is 5.82 Å². The van der Waals surface area contributed by atoms with Crippen LogP contribution in [0.25, 0.3) is 0 Å². The number of anilines is 1. The Morgan fingerprint density at radius 1 is 1.37 bits per heavy atom. The van der Waals surface area contributed by atoms with E-state index in [1.807, 2.05) is 29.8 Å². The van der Waals surface area contributed by atoms with Crippen LogP contribution in [0.5, 0.6) is 11.5 Å². The number of hydrogen-bond donors (Lipinski definition) is 2. The molecule has 19 heavy (non-hydrogen) atoms. The Balaban J connectivity index is 2.05. The maximum atomic E-state index is 9.53. The summed E-state index contributed by atoms with van der Waals surface area (Å²) in [5.74, 6) is 1.48. The topological polar surface area (TPSA) is 59.3 Å². The van der Waals surface area contributed by atoms with E-state index in [0.717, 1.165) is 23.6 Å².